The molecule has 0 bridgehead atoms. The zero-order valence-electron chi connectivity index (χ0n) is 18.2. The normalized spacial score (nSPS) is 15.9. The minimum atomic E-state index is -0.669. The summed E-state index contributed by atoms with van der Waals surface area (Å²) in [4.78, 5) is 25.6. The summed E-state index contributed by atoms with van der Waals surface area (Å²) in [5.41, 5.74) is 2.17. The molecule has 0 aromatic heterocycles. The van der Waals surface area contributed by atoms with Crippen LogP contribution in [0.5, 0.6) is 11.5 Å². The molecule has 0 radical (unpaired) electrons. The van der Waals surface area contributed by atoms with E-state index in [9.17, 15) is 9.59 Å². The summed E-state index contributed by atoms with van der Waals surface area (Å²) in [7, 11) is 1.58. The summed E-state index contributed by atoms with van der Waals surface area (Å²) < 4.78 is 16.4. The number of methoxy groups -OCH3 is 1. The molecule has 1 unspecified atom stereocenters. The molecule has 3 rings (SSSR count). The van der Waals surface area contributed by atoms with Gasteiger partial charge in [0, 0.05) is 0 Å². The van der Waals surface area contributed by atoms with Crippen LogP contribution in [0.3, 0.4) is 0 Å². The first kappa shape index (κ1) is 22.2. The van der Waals surface area contributed by atoms with Crippen LogP contribution in [0.2, 0.25) is 0 Å². The molecule has 7 heteroatoms. The van der Waals surface area contributed by atoms with Gasteiger partial charge in [0.2, 0.25) is 0 Å². The van der Waals surface area contributed by atoms with Gasteiger partial charge in [-0.25, -0.2) is 9.59 Å². The number of amides is 2. The molecule has 7 nitrogen and oxygen atoms in total. The minimum Gasteiger partial charge on any atom is -0.497 e. The number of ether oxygens (including phenoxy) is 3. The summed E-state index contributed by atoms with van der Waals surface area (Å²) in [5.74, 6) is 0.913. The molecule has 0 saturated heterocycles. The van der Waals surface area contributed by atoms with Gasteiger partial charge in [-0.2, -0.15) is 0 Å². The van der Waals surface area contributed by atoms with E-state index in [1.54, 1.807) is 45.2 Å². The Bertz CT molecular complexity index is 949. The molecule has 1 atom stereocenters. The molecular weight excluding hydrogens is 396 g/mol. The number of rotatable bonds is 8. The first-order valence-corrected chi connectivity index (χ1v) is 10.3. The largest absolute Gasteiger partial charge is 0.497 e. The SMILES string of the molecule is CCCOc1ccc(C2NC(=O)NC(c3ccc(OC)cc3)=C2C(=O)OC(C)C)cc1. The van der Waals surface area contributed by atoms with Crippen molar-refractivity contribution in [2.45, 2.75) is 39.3 Å². The number of esters is 1. The van der Waals surface area contributed by atoms with Gasteiger partial charge in [-0.05, 0) is 67.8 Å². The molecule has 2 amide bonds. The average molecular weight is 424 g/mol. The molecule has 1 aliphatic heterocycles. The number of benzene rings is 2. The molecule has 1 aliphatic rings. The van der Waals surface area contributed by atoms with Crippen LogP contribution in [0.15, 0.2) is 54.1 Å². The third-order valence-corrected chi connectivity index (χ3v) is 4.70. The van der Waals surface area contributed by atoms with Crippen molar-refractivity contribution in [2.24, 2.45) is 0 Å². The van der Waals surface area contributed by atoms with Gasteiger partial charge in [0.05, 0.1) is 37.1 Å². The Balaban J connectivity index is 2.06. The topological polar surface area (TPSA) is 85.9 Å². The predicted molar refractivity (Wildman–Crippen MR) is 118 cm³/mol. The summed E-state index contributed by atoms with van der Waals surface area (Å²) in [6.45, 7) is 6.23. The standard InChI is InChI=1S/C24H28N2O5/c1-5-14-30-19-12-8-17(9-13-19)22-20(23(27)31-15(2)3)21(25-24(28)26-22)16-6-10-18(29-4)11-7-16/h6-13,15,22H,5,14H2,1-4H3,(H2,25,26,28). The van der Waals surface area contributed by atoms with Gasteiger partial charge in [-0.1, -0.05) is 19.1 Å². The number of urea groups is 1. The van der Waals surface area contributed by atoms with Crippen molar-refractivity contribution >= 4 is 17.7 Å². The average Bonchev–Trinajstić information content (AvgIpc) is 2.77. The molecule has 164 valence electrons. The second-order valence-corrected chi connectivity index (χ2v) is 7.42. The minimum absolute atomic E-state index is 0.305. The van der Waals surface area contributed by atoms with Crippen LogP contribution >= 0.6 is 0 Å². The number of nitrogens with one attached hydrogen (secondary N) is 2. The Morgan fingerprint density at radius 1 is 1.03 bits per heavy atom. The van der Waals surface area contributed by atoms with Gasteiger partial charge in [-0.15, -0.1) is 0 Å². The van der Waals surface area contributed by atoms with Crippen molar-refractivity contribution < 1.29 is 23.8 Å². The maximum atomic E-state index is 13.1. The Morgan fingerprint density at radius 3 is 2.26 bits per heavy atom. The molecular formula is C24H28N2O5. The van der Waals surface area contributed by atoms with Crippen LogP contribution in [0.4, 0.5) is 4.79 Å². The molecule has 1 heterocycles. The molecule has 0 fully saturated rings. The van der Waals surface area contributed by atoms with Crippen molar-refractivity contribution in [1.82, 2.24) is 10.6 Å². The maximum Gasteiger partial charge on any atom is 0.338 e. The van der Waals surface area contributed by atoms with Crippen LogP contribution in [-0.2, 0) is 9.53 Å². The van der Waals surface area contributed by atoms with E-state index >= 15 is 0 Å². The lowest BCUT2D eigenvalue weighted by atomic mass is 9.92. The van der Waals surface area contributed by atoms with E-state index in [1.807, 2.05) is 31.2 Å². The van der Waals surface area contributed by atoms with Gasteiger partial charge < -0.3 is 24.8 Å². The zero-order chi connectivity index (χ0) is 22.4. The number of hydrogen-bond donors (Lipinski definition) is 2. The first-order chi connectivity index (χ1) is 14.9. The Labute approximate surface area is 182 Å². The number of carbonyl (C=O) groups excluding carboxylic acids is 2. The fourth-order valence-electron chi connectivity index (χ4n) is 3.27. The highest BCUT2D eigenvalue weighted by atomic mass is 16.5. The van der Waals surface area contributed by atoms with Crippen LogP contribution in [-0.4, -0.2) is 31.8 Å². The third kappa shape index (κ3) is 5.36. The smallest absolute Gasteiger partial charge is 0.338 e. The molecule has 0 saturated carbocycles. The van der Waals surface area contributed by atoms with E-state index in [-0.39, 0.29) is 6.10 Å². The van der Waals surface area contributed by atoms with E-state index in [0.29, 0.717) is 29.2 Å². The number of carbonyl (C=O) groups is 2. The van der Waals surface area contributed by atoms with E-state index in [4.69, 9.17) is 14.2 Å². The monoisotopic (exact) mass is 424 g/mol. The molecule has 2 N–H and O–H groups in total. The van der Waals surface area contributed by atoms with Gasteiger partial charge in [0.25, 0.3) is 0 Å². The highest BCUT2D eigenvalue weighted by Crippen LogP contribution is 2.33. The van der Waals surface area contributed by atoms with E-state index < -0.39 is 18.0 Å². The van der Waals surface area contributed by atoms with Gasteiger partial charge in [0.1, 0.15) is 11.5 Å². The second kappa shape index (κ2) is 10.0. The third-order valence-electron chi connectivity index (χ3n) is 4.70. The highest BCUT2D eigenvalue weighted by molar-refractivity contribution is 6.04. The number of hydrogen-bond acceptors (Lipinski definition) is 5. The van der Waals surface area contributed by atoms with Crippen molar-refractivity contribution in [3.8, 4) is 11.5 Å². The summed E-state index contributed by atoms with van der Waals surface area (Å²) in [6.07, 6.45) is 0.603. The fourth-order valence-corrected chi connectivity index (χ4v) is 3.27. The quantitative estimate of drug-likeness (QED) is 0.621. The van der Waals surface area contributed by atoms with Crippen LogP contribution in [0.1, 0.15) is 44.4 Å². The fraction of sp³-hybridized carbons (Fsp3) is 0.333. The lowest BCUT2D eigenvalue weighted by Gasteiger charge is -2.30. The van der Waals surface area contributed by atoms with Crippen molar-refractivity contribution in [3.63, 3.8) is 0 Å². The van der Waals surface area contributed by atoms with Gasteiger partial charge >= 0.3 is 12.0 Å². The maximum absolute atomic E-state index is 13.1. The van der Waals surface area contributed by atoms with Gasteiger partial charge in [-0.3, -0.25) is 0 Å². The van der Waals surface area contributed by atoms with Crippen molar-refractivity contribution in [2.75, 3.05) is 13.7 Å². The summed E-state index contributed by atoms with van der Waals surface area (Å²) in [6, 6.07) is 13.4. The molecule has 2 aromatic rings. The summed E-state index contributed by atoms with van der Waals surface area (Å²) >= 11 is 0. The molecule has 0 spiro atoms. The Hall–Kier alpha value is -3.48. The van der Waals surface area contributed by atoms with Crippen LogP contribution in [0, 0.1) is 0 Å². The molecule has 2 aromatic carbocycles. The van der Waals surface area contributed by atoms with Gasteiger partial charge in [0.15, 0.2) is 0 Å². The first-order valence-electron chi connectivity index (χ1n) is 10.3. The van der Waals surface area contributed by atoms with E-state index in [0.717, 1.165) is 17.7 Å². The van der Waals surface area contributed by atoms with Crippen molar-refractivity contribution in [3.05, 3.63) is 65.2 Å². The van der Waals surface area contributed by atoms with Crippen molar-refractivity contribution in [1.29, 1.82) is 0 Å². The highest BCUT2D eigenvalue weighted by Gasteiger charge is 2.34. The lowest BCUT2D eigenvalue weighted by molar-refractivity contribution is -0.143. The van der Waals surface area contributed by atoms with Crippen LogP contribution in [0.25, 0.3) is 5.70 Å². The van der Waals surface area contributed by atoms with E-state index in [1.165, 1.54) is 0 Å². The molecule has 31 heavy (non-hydrogen) atoms. The second-order valence-electron chi connectivity index (χ2n) is 7.42. The van der Waals surface area contributed by atoms with E-state index in [2.05, 4.69) is 10.6 Å². The summed E-state index contributed by atoms with van der Waals surface area (Å²) in [5, 5.41) is 5.62. The molecule has 0 aliphatic carbocycles. The van der Waals surface area contributed by atoms with Crippen LogP contribution < -0.4 is 20.1 Å². The predicted octanol–water partition coefficient (Wildman–Crippen LogP) is 4.20. The Morgan fingerprint density at radius 2 is 1.68 bits per heavy atom. The lowest BCUT2D eigenvalue weighted by Crippen LogP contribution is -2.45. The Kier molecular flexibility index (Phi) is 7.18. The zero-order valence-corrected chi connectivity index (χ0v) is 18.2.